The maximum atomic E-state index is 14.5. The Kier molecular flexibility index (Phi) is 5.80. The number of nitrogens with zero attached hydrogens (tertiary/aromatic N) is 3. The molecule has 2 aliphatic rings. The zero-order valence-corrected chi connectivity index (χ0v) is 21.3. The van der Waals surface area contributed by atoms with Crippen molar-refractivity contribution in [1.29, 1.82) is 0 Å². The van der Waals surface area contributed by atoms with Gasteiger partial charge in [0.25, 0.3) is 0 Å². The molecule has 0 spiro atoms. The van der Waals surface area contributed by atoms with Gasteiger partial charge in [0.15, 0.2) is 0 Å². The fourth-order valence-corrected chi connectivity index (χ4v) is 6.85. The minimum atomic E-state index is -0.440. The molecule has 3 heterocycles. The smallest absolute Gasteiger partial charge is 0.323 e. The van der Waals surface area contributed by atoms with E-state index in [-0.39, 0.29) is 17.8 Å². The molecule has 1 atom stereocenters. The molecule has 0 saturated carbocycles. The molecule has 1 aliphatic carbocycles. The monoisotopic (exact) mass is 500 g/mol. The van der Waals surface area contributed by atoms with Crippen LogP contribution in [0.2, 0.25) is 0 Å². The van der Waals surface area contributed by atoms with Crippen molar-refractivity contribution in [2.24, 2.45) is 0 Å². The second-order valence-corrected chi connectivity index (χ2v) is 10.8. The highest BCUT2D eigenvalue weighted by Crippen LogP contribution is 2.44. The number of carbonyl (C=O) groups excluding carboxylic acids is 1. The van der Waals surface area contributed by atoms with Gasteiger partial charge in [0, 0.05) is 36.4 Å². The maximum Gasteiger partial charge on any atom is 0.323 e. The first kappa shape index (κ1) is 22.9. The van der Waals surface area contributed by atoms with E-state index in [0.717, 1.165) is 29.8 Å². The molecular formula is C29H29FN4OS. The van der Waals surface area contributed by atoms with Crippen LogP contribution in [-0.2, 0) is 19.4 Å². The number of hydrogen-bond acceptors (Lipinski definition) is 3. The number of hydrogen-bond donors (Lipinski definition) is 1. The van der Waals surface area contributed by atoms with Gasteiger partial charge in [-0.05, 0) is 73.2 Å². The Morgan fingerprint density at radius 2 is 1.78 bits per heavy atom. The van der Waals surface area contributed by atoms with E-state index in [1.54, 1.807) is 18.2 Å². The predicted molar refractivity (Wildman–Crippen MR) is 144 cm³/mol. The fourth-order valence-electron chi connectivity index (χ4n) is 5.44. The number of aromatic nitrogens is 1. The Hall–Kier alpha value is -3.58. The lowest BCUT2D eigenvalue weighted by molar-refractivity contribution is 0.194. The van der Waals surface area contributed by atoms with E-state index < -0.39 is 5.82 Å². The van der Waals surface area contributed by atoms with E-state index in [2.05, 4.69) is 57.4 Å². The molecule has 36 heavy (non-hydrogen) atoms. The maximum absolute atomic E-state index is 14.5. The van der Waals surface area contributed by atoms with Crippen LogP contribution in [0.1, 0.15) is 46.1 Å². The zero-order chi connectivity index (χ0) is 24.8. The highest BCUT2D eigenvalue weighted by atomic mass is 32.1. The number of fused-ring (bicyclic) bond motifs is 5. The zero-order valence-electron chi connectivity index (χ0n) is 20.5. The first-order valence-electron chi connectivity index (χ1n) is 12.4. The van der Waals surface area contributed by atoms with Crippen molar-refractivity contribution < 1.29 is 9.18 Å². The average molecular weight is 501 g/mol. The summed E-state index contributed by atoms with van der Waals surface area (Å²) in [7, 11) is 4.03. The van der Waals surface area contributed by atoms with E-state index in [1.807, 2.05) is 30.3 Å². The van der Waals surface area contributed by atoms with Crippen molar-refractivity contribution in [3.63, 3.8) is 0 Å². The lowest BCUT2D eigenvalue weighted by Crippen LogP contribution is -2.38. The van der Waals surface area contributed by atoms with Crippen LogP contribution in [0, 0.1) is 5.82 Å². The van der Waals surface area contributed by atoms with Crippen molar-refractivity contribution in [1.82, 2.24) is 9.47 Å². The van der Waals surface area contributed by atoms with Gasteiger partial charge in [-0.15, -0.1) is 11.3 Å². The van der Waals surface area contributed by atoms with Crippen LogP contribution in [0.5, 0.6) is 0 Å². The molecule has 1 N–H and O–H groups in total. The van der Waals surface area contributed by atoms with Gasteiger partial charge in [0.2, 0.25) is 0 Å². The molecular weight excluding hydrogens is 471 g/mol. The van der Waals surface area contributed by atoms with E-state index in [0.29, 0.717) is 6.54 Å². The third-order valence-electron chi connectivity index (χ3n) is 7.28. The molecule has 0 radical (unpaired) electrons. The molecule has 0 bridgehead atoms. The number of amides is 2. The van der Waals surface area contributed by atoms with Crippen LogP contribution in [0.15, 0.2) is 66.9 Å². The third kappa shape index (κ3) is 3.88. The second kappa shape index (κ2) is 9.13. The van der Waals surface area contributed by atoms with Crippen LogP contribution >= 0.6 is 11.3 Å². The molecule has 2 amide bonds. The summed E-state index contributed by atoms with van der Waals surface area (Å²) in [5.41, 5.74) is 5.97. The molecule has 5 nitrogen and oxygen atoms in total. The summed E-state index contributed by atoms with van der Waals surface area (Å²) < 4.78 is 16.8. The molecule has 1 aliphatic heterocycles. The van der Waals surface area contributed by atoms with Crippen molar-refractivity contribution >= 4 is 28.7 Å². The Labute approximate surface area is 214 Å². The summed E-state index contributed by atoms with van der Waals surface area (Å²) >= 11 is 1.86. The molecule has 7 heteroatoms. The van der Waals surface area contributed by atoms with Crippen LogP contribution in [0.25, 0.3) is 5.00 Å². The summed E-state index contributed by atoms with van der Waals surface area (Å²) in [6.45, 7) is 0.475. The number of anilines is 2. The van der Waals surface area contributed by atoms with Crippen LogP contribution in [-0.4, -0.2) is 29.6 Å². The highest BCUT2D eigenvalue weighted by molar-refractivity contribution is 7.15. The Balaban J connectivity index is 1.49. The van der Waals surface area contributed by atoms with Crippen LogP contribution in [0.4, 0.5) is 20.6 Å². The Bertz CT molecular complexity index is 1420. The number of benzene rings is 2. The molecule has 2 aromatic carbocycles. The van der Waals surface area contributed by atoms with Gasteiger partial charge in [-0.3, -0.25) is 0 Å². The summed E-state index contributed by atoms with van der Waals surface area (Å²) in [6, 6.07) is 18.2. The Morgan fingerprint density at radius 1 is 1.00 bits per heavy atom. The average Bonchev–Trinajstić information content (AvgIpc) is 3.47. The number of carbonyl (C=O) groups is 1. The minimum Gasteiger partial charge on any atom is -0.378 e. The molecule has 1 unspecified atom stereocenters. The van der Waals surface area contributed by atoms with Crippen LogP contribution < -0.4 is 10.2 Å². The van der Waals surface area contributed by atoms with Crippen molar-refractivity contribution in [2.75, 3.05) is 24.3 Å². The molecule has 0 fully saturated rings. The third-order valence-corrected chi connectivity index (χ3v) is 8.61. The molecule has 2 aromatic heterocycles. The van der Waals surface area contributed by atoms with E-state index in [9.17, 15) is 9.18 Å². The quantitative estimate of drug-likeness (QED) is 0.338. The highest BCUT2D eigenvalue weighted by Gasteiger charge is 2.36. The normalized spacial score (nSPS) is 16.5. The fraction of sp³-hybridized carbons (Fsp3) is 0.276. The molecule has 0 saturated heterocycles. The SMILES string of the molecule is CN(C)c1ccc(C2c3cccn3-c3sc4c(c3CN2C(=O)Nc2ccccc2F)CCCC4)cc1. The van der Waals surface area contributed by atoms with Gasteiger partial charge in [0.05, 0.1) is 24.0 Å². The molecule has 184 valence electrons. The van der Waals surface area contributed by atoms with E-state index in [4.69, 9.17) is 0 Å². The van der Waals surface area contributed by atoms with Crippen molar-refractivity contribution in [2.45, 2.75) is 38.3 Å². The number of thiophene rings is 1. The van der Waals surface area contributed by atoms with Gasteiger partial charge in [-0.25, -0.2) is 9.18 Å². The Morgan fingerprint density at radius 3 is 2.56 bits per heavy atom. The summed E-state index contributed by atoms with van der Waals surface area (Å²) in [5.74, 6) is -0.440. The number of aryl methyl sites for hydroxylation is 1. The topological polar surface area (TPSA) is 40.5 Å². The van der Waals surface area contributed by atoms with Gasteiger partial charge in [-0.1, -0.05) is 24.3 Å². The largest absolute Gasteiger partial charge is 0.378 e. The van der Waals surface area contributed by atoms with Gasteiger partial charge < -0.3 is 19.7 Å². The standard InChI is InChI=1S/C29H29FN4OS/c1-32(2)20-15-13-19(14-16-20)27-25-11-7-17-33(25)28-22(21-8-3-6-12-26(21)36-28)18-34(27)29(35)31-24-10-5-4-9-23(24)30/h4-5,7,9-11,13-17,27H,3,6,8,12,18H2,1-2H3,(H,31,35). The first-order valence-corrected chi connectivity index (χ1v) is 13.2. The van der Waals surface area contributed by atoms with Gasteiger partial charge in [0.1, 0.15) is 10.8 Å². The van der Waals surface area contributed by atoms with E-state index >= 15 is 0 Å². The van der Waals surface area contributed by atoms with Gasteiger partial charge in [-0.2, -0.15) is 0 Å². The number of para-hydroxylation sites is 1. The summed E-state index contributed by atoms with van der Waals surface area (Å²) in [4.78, 5) is 19.3. The second-order valence-electron chi connectivity index (χ2n) is 9.72. The summed E-state index contributed by atoms with van der Waals surface area (Å²) in [5, 5.41) is 4.07. The van der Waals surface area contributed by atoms with Gasteiger partial charge >= 0.3 is 6.03 Å². The molecule has 6 rings (SSSR count). The van der Waals surface area contributed by atoms with E-state index in [1.165, 1.54) is 39.9 Å². The lowest BCUT2D eigenvalue weighted by Gasteiger charge is -2.31. The number of rotatable bonds is 3. The number of halogens is 1. The minimum absolute atomic E-state index is 0.191. The number of nitrogens with one attached hydrogen (secondary N) is 1. The van der Waals surface area contributed by atoms with Crippen molar-refractivity contribution in [3.05, 3.63) is 99.9 Å². The number of urea groups is 1. The summed E-state index contributed by atoms with van der Waals surface area (Å²) in [6.07, 6.45) is 6.63. The first-order chi connectivity index (χ1) is 17.5. The predicted octanol–water partition coefficient (Wildman–Crippen LogP) is 6.76. The van der Waals surface area contributed by atoms with Crippen molar-refractivity contribution in [3.8, 4) is 5.00 Å². The molecule has 4 aromatic rings. The lowest BCUT2D eigenvalue weighted by atomic mass is 9.95. The van der Waals surface area contributed by atoms with Crippen LogP contribution in [0.3, 0.4) is 0 Å².